The quantitative estimate of drug-likeness (QED) is 0.627. The fourth-order valence-electron chi connectivity index (χ4n) is 3.39. The number of thiazole rings is 1. The lowest BCUT2D eigenvalue weighted by atomic mass is 10.1. The number of nitrogens with zero attached hydrogens (tertiary/aromatic N) is 1. The van der Waals surface area contributed by atoms with Crippen molar-refractivity contribution in [2.75, 3.05) is 25.6 Å². The number of hydrogen-bond acceptors (Lipinski definition) is 5. The standard InChI is InChI=1S/C22H23N3O3S/c1-27-17-7-9-18(10-8-17)28-15-21(26)24-22-23-19-11-12-25(14-20(19)29-22)13-16-5-3-2-4-6-16/h2-10H,11-15H2,1H3,(H,23,24,26)/p+1. The van der Waals surface area contributed by atoms with Crippen LogP contribution in [0.1, 0.15) is 16.1 Å². The molecule has 4 rings (SSSR count). The number of aromatic nitrogens is 1. The van der Waals surface area contributed by atoms with Crippen LogP contribution in [0.5, 0.6) is 11.5 Å². The molecular weight excluding hydrogens is 386 g/mol. The van der Waals surface area contributed by atoms with Crippen LogP contribution in [0.3, 0.4) is 0 Å². The molecule has 1 aliphatic rings. The smallest absolute Gasteiger partial charge is 0.264 e. The summed E-state index contributed by atoms with van der Waals surface area (Å²) in [7, 11) is 1.61. The molecule has 0 saturated heterocycles. The highest BCUT2D eigenvalue weighted by molar-refractivity contribution is 7.15. The van der Waals surface area contributed by atoms with E-state index in [2.05, 4.69) is 34.6 Å². The number of ether oxygens (including phenoxy) is 2. The van der Waals surface area contributed by atoms with Crippen LogP contribution in [-0.2, 0) is 24.3 Å². The van der Waals surface area contributed by atoms with Crippen molar-refractivity contribution in [3.05, 3.63) is 70.7 Å². The summed E-state index contributed by atoms with van der Waals surface area (Å²) in [6, 6.07) is 17.7. The third kappa shape index (κ3) is 5.13. The first-order valence-electron chi connectivity index (χ1n) is 9.62. The average Bonchev–Trinajstić information content (AvgIpc) is 3.15. The van der Waals surface area contributed by atoms with Crippen LogP contribution in [0, 0.1) is 0 Å². The Bertz CT molecular complexity index is 957. The lowest BCUT2D eigenvalue weighted by Crippen LogP contribution is -3.10. The third-order valence-corrected chi connectivity index (χ3v) is 5.89. The fourth-order valence-corrected chi connectivity index (χ4v) is 4.49. The van der Waals surface area contributed by atoms with Gasteiger partial charge in [-0.2, -0.15) is 0 Å². The van der Waals surface area contributed by atoms with Crippen molar-refractivity contribution >= 4 is 22.4 Å². The van der Waals surface area contributed by atoms with Crippen LogP contribution in [0.4, 0.5) is 5.13 Å². The fraction of sp³-hybridized carbons (Fsp3) is 0.273. The first-order valence-corrected chi connectivity index (χ1v) is 10.4. The Hall–Kier alpha value is -2.90. The Balaban J connectivity index is 1.30. The van der Waals surface area contributed by atoms with Gasteiger partial charge in [0.2, 0.25) is 0 Å². The number of carbonyl (C=O) groups is 1. The van der Waals surface area contributed by atoms with Gasteiger partial charge in [-0.05, 0) is 24.3 Å². The summed E-state index contributed by atoms with van der Waals surface area (Å²) in [6.45, 7) is 2.96. The van der Waals surface area contributed by atoms with Gasteiger partial charge in [0.05, 0.1) is 24.2 Å². The molecule has 1 unspecified atom stereocenters. The number of fused-ring (bicyclic) bond motifs is 1. The van der Waals surface area contributed by atoms with Gasteiger partial charge in [-0.25, -0.2) is 4.98 Å². The minimum Gasteiger partial charge on any atom is -0.497 e. The number of amides is 1. The number of methoxy groups -OCH3 is 1. The molecule has 0 fully saturated rings. The lowest BCUT2D eigenvalue weighted by Gasteiger charge is -2.22. The summed E-state index contributed by atoms with van der Waals surface area (Å²) in [5.74, 6) is 1.17. The van der Waals surface area contributed by atoms with Gasteiger partial charge in [-0.3, -0.25) is 10.1 Å². The molecule has 1 amide bonds. The molecule has 0 saturated carbocycles. The largest absolute Gasteiger partial charge is 0.497 e. The normalized spacial score (nSPS) is 15.4. The van der Waals surface area contributed by atoms with Crippen LogP contribution in [-0.4, -0.2) is 31.2 Å². The van der Waals surface area contributed by atoms with E-state index in [0.717, 1.165) is 37.5 Å². The molecule has 2 heterocycles. The summed E-state index contributed by atoms with van der Waals surface area (Å²) in [5, 5.41) is 3.52. The van der Waals surface area contributed by atoms with E-state index in [-0.39, 0.29) is 12.5 Å². The summed E-state index contributed by atoms with van der Waals surface area (Å²) in [4.78, 5) is 19.6. The SMILES string of the molecule is COc1ccc(OCC(=O)Nc2nc3c(s2)C[NH+](Cc2ccccc2)CC3)cc1. The molecule has 0 radical (unpaired) electrons. The Morgan fingerprint density at radius 2 is 1.90 bits per heavy atom. The van der Waals surface area contributed by atoms with Crippen molar-refractivity contribution in [1.82, 2.24) is 4.98 Å². The van der Waals surface area contributed by atoms with Gasteiger partial charge < -0.3 is 14.4 Å². The molecule has 0 bridgehead atoms. The van der Waals surface area contributed by atoms with Crippen LogP contribution >= 0.6 is 11.3 Å². The maximum absolute atomic E-state index is 12.2. The highest BCUT2D eigenvalue weighted by atomic mass is 32.1. The second kappa shape index (κ2) is 9.07. The van der Waals surface area contributed by atoms with Crippen LogP contribution in [0.15, 0.2) is 54.6 Å². The molecule has 6 nitrogen and oxygen atoms in total. The van der Waals surface area contributed by atoms with E-state index in [4.69, 9.17) is 9.47 Å². The predicted molar refractivity (Wildman–Crippen MR) is 113 cm³/mol. The second-order valence-corrected chi connectivity index (χ2v) is 8.07. The number of quaternary nitrogens is 1. The number of nitrogens with one attached hydrogen (secondary N) is 2. The number of anilines is 1. The molecule has 2 N–H and O–H groups in total. The van der Waals surface area contributed by atoms with Crippen molar-refractivity contribution in [1.29, 1.82) is 0 Å². The molecule has 0 aliphatic carbocycles. The van der Waals surface area contributed by atoms with Gasteiger partial charge in [0.15, 0.2) is 11.7 Å². The number of hydrogen-bond donors (Lipinski definition) is 2. The average molecular weight is 411 g/mol. The molecule has 7 heteroatoms. The Labute approximate surface area is 174 Å². The van der Waals surface area contributed by atoms with Crippen LogP contribution < -0.4 is 19.7 Å². The van der Waals surface area contributed by atoms with Crippen molar-refractivity contribution in [2.45, 2.75) is 19.5 Å². The number of carbonyl (C=O) groups excluding carboxylic acids is 1. The van der Waals surface area contributed by atoms with Gasteiger partial charge in [-0.1, -0.05) is 41.7 Å². The van der Waals surface area contributed by atoms with Gasteiger partial charge in [0, 0.05) is 12.0 Å². The number of rotatable bonds is 7. The van der Waals surface area contributed by atoms with Gasteiger partial charge >= 0.3 is 0 Å². The zero-order valence-corrected chi connectivity index (χ0v) is 17.1. The zero-order chi connectivity index (χ0) is 20.1. The molecule has 2 aromatic carbocycles. The van der Waals surface area contributed by atoms with E-state index >= 15 is 0 Å². The Morgan fingerprint density at radius 3 is 2.66 bits per heavy atom. The van der Waals surface area contributed by atoms with E-state index in [9.17, 15) is 4.79 Å². The van der Waals surface area contributed by atoms with E-state index in [1.54, 1.807) is 42.7 Å². The molecule has 1 aromatic heterocycles. The van der Waals surface area contributed by atoms with E-state index in [0.29, 0.717) is 10.9 Å². The zero-order valence-electron chi connectivity index (χ0n) is 16.3. The van der Waals surface area contributed by atoms with E-state index in [1.807, 2.05) is 6.07 Å². The molecule has 150 valence electrons. The first-order chi connectivity index (χ1) is 14.2. The minimum atomic E-state index is -0.208. The lowest BCUT2D eigenvalue weighted by molar-refractivity contribution is -0.929. The Kier molecular flexibility index (Phi) is 6.07. The monoisotopic (exact) mass is 410 g/mol. The minimum absolute atomic E-state index is 0.0536. The maximum Gasteiger partial charge on any atom is 0.264 e. The van der Waals surface area contributed by atoms with E-state index < -0.39 is 0 Å². The van der Waals surface area contributed by atoms with Crippen molar-refractivity contribution in [2.24, 2.45) is 0 Å². The molecule has 1 aliphatic heterocycles. The van der Waals surface area contributed by atoms with Gasteiger partial charge in [0.25, 0.3) is 5.91 Å². The third-order valence-electron chi connectivity index (χ3n) is 4.88. The molecule has 1 atom stereocenters. The van der Waals surface area contributed by atoms with Gasteiger partial charge in [0.1, 0.15) is 24.6 Å². The van der Waals surface area contributed by atoms with Crippen LogP contribution in [0.25, 0.3) is 0 Å². The van der Waals surface area contributed by atoms with Crippen molar-refractivity contribution in [3.63, 3.8) is 0 Å². The van der Waals surface area contributed by atoms with Crippen molar-refractivity contribution < 1.29 is 19.2 Å². The van der Waals surface area contributed by atoms with Crippen LogP contribution in [0.2, 0.25) is 0 Å². The highest BCUT2D eigenvalue weighted by Crippen LogP contribution is 2.24. The predicted octanol–water partition coefficient (Wildman–Crippen LogP) is 2.31. The second-order valence-electron chi connectivity index (χ2n) is 6.99. The molecular formula is C22H24N3O3S+. The maximum atomic E-state index is 12.2. The van der Waals surface area contributed by atoms with E-state index in [1.165, 1.54) is 15.3 Å². The van der Waals surface area contributed by atoms with Crippen molar-refractivity contribution in [3.8, 4) is 11.5 Å². The Morgan fingerprint density at radius 1 is 1.14 bits per heavy atom. The molecule has 29 heavy (non-hydrogen) atoms. The molecule has 0 spiro atoms. The number of benzene rings is 2. The summed E-state index contributed by atoms with van der Waals surface area (Å²) in [6.07, 6.45) is 0.937. The summed E-state index contributed by atoms with van der Waals surface area (Å²) in [5.41, 5.74) is 2.46. The molecule has 3 aromatic rings. The van der Waals surface area contributed by atoms with Gasteiger partial charge in [-0.15, -0.1) is 0 Å². The topological polar surface area (TPSA) is 64.9 Å². The first kappa shape index (κ1) is 19.4. The summed E-state index contributed by atoms with van der Waals surface area (Å²) < 4.78 is 10.6. The summed E-state index contributed by atoms with van der Waals surface area (Å²) >= 11 is 1.57. The highest BCUT2D eigenvalue weighted by Gasteiger charge is 2.24.